The van der Waals surface area contributed by atoms with E-state index in [0.29, 0.717) is 10.9 Å². The van der Waals surface area contributed by atoms with E-state index in [1.54, 1.807) is 0 Å². The van der Waals surface area contributed by atoms with Gasteiger partial charge in [0.25, 0.3) is 0 Å². The van der Waals surface area contributed by atoms with E-state index in [4.69, 9.17) is 0 Å². The molecule has 1 N–H and O–H groups in total. The van der Waals surface area contributed by atoms with Gasteiger partial charge in [-0.25, -0.2) is 0 Å². The Morgan fingerprint density at radius 1 is 1.25 bits per heavy atom. The first-order chi connectivity index (χ1) is 9.34. The second-order valence-corrected chi connectivity index (χ2v) is 5.41. The maximum Gasteiger partial charge on any atom is 0.416 e. The molecule has 1 aromatic rings. The molecular weight excluding hydrogens is 335 g/mol. The quantitative estimate of drug-likeness (QED) is 0.685. The highest BCUT2D eigenvalue weighted by molar-refractivity contribution is 9.10. The van der Waals surface area contributed by atoms with Crippen molar-refractivity contribution in [3.8, 4) is 0 Å². The summed E-state index contributed by atoms with van der Waals surface area (Å²) in [5, 5.41) is 2.51. The summed E-state index contributed by atoms with van der Waals surface area (Å²) in [5.41, 5.74) is -0.623. The fraction of sp³-hybridized carbons (Fsp3) is 0.500. The molecule has 0 aliphatic heterocycles. The number of anilines is 1. The van der Waals surface area contributed by atoms with E-state index in [2.05, 4.69) is 28.2 Å². The van der Waals surface area contributed by atoms with Crippen molar-refractivity contribution in [3.05, 3.63) is 28.2 Å². The van der Waals surface area contributed by atoms with E-state index in [-0.39, 0.29) is 11.6 Å². The number of alkyl halides is 3. The van der Waals surface area contributed by atoms with Gasteiger partial charge in [0.05, 0.1) is 11.3 Å². The van der Waals surface area contributed by atoms with Gasteiger partial charge in [-0.05, 0) is 40.5 Å². The van der Waals surface area contributed by atoms with Crippen molar-refractivity contribution in [3.63, 3.8) is 0 Å². The number of carbonyl (C=O) groups is 1. The lowest BCUT2D eigenvalue weighted by atomic mass is 10.1. The van der Waals surface area contributed by atoms with Crippen molar-refractivity contribution in [1.82, 2.24) is 0 Å². The fourth-order valence-corrected chi connectivity index (χ4v) is 2.07. The number of hydrogen-bond acceptors (Lipinski definition) is 1. The van der Waals surface area contributed by atoms with Crippen molar-refractivity contribution >= 4 is 27.5 Å². The first kappa shape index (κ1) is 17.0. The fourth-order valence-electron chi connectivity index (χ4n) is 1.72. The van der Waals surface area contributed by atoms with Gasteiger partial charge in [-0.15, -0.1) is 0 Å². The molecule has 0 spiro atoms. The van der Waals surface area contributed by atoms with Gasteiger partial charge in [0, 0.05) is 10.9 Å². The third kappa shape index (κ3) is 5.53. The van der Waals surface area contributed by atoms with Gasteiger partial charge < -0.3 is 5.32 Å². The molecule has 0 unspecified atom stereocenters. The van der Waals surface area contributed by atoms with Crippen LogP contribution in [0.5, 0.6) is 0 Å². The summed E-state index contributed by atoms with van der Waals surface area (Å²) in [6.07, 6.45) is -0.269. The van der Waals surface area contributed by atoms with Gasteiger partial charge in [-0.3, -0.25) is 4.79 Å². The first-order valence-electron chi connectivity index (χ1n) is 6.51. The average Bonchev–Trinajstić information content (AvgIpc) is 2.36. The monoisotopic (exact) mass is 351 g/mol. The lowest BCUT2D eigenvalue weighted by Crippen LogP contribution is -2.13. The van der Waals surface area contributed by atoms with Crippen LogP contribution in [0.1, 0.15) is 44.6 Å². The van der Waals surface area contributed by atoms with Gasteiger partial charge in [0.2, 0.25) is 5.91 Å². The highest BCUT2D eigenvalue weighted by Gasteiger charge is 2.31. The molecule has 0 aromatic heterocycles. The Kier molecular flexibility index (Phi) is 6.52. The Hall–Kier alpha value is -1.04. The summed E-state index contributed by atoms with van der Waals surface area (Å²) in [6, 6.07) is 3.20. The molecule has 6 heteroatoms. The van der Waals surface area contributed by atoms with Crippen LogP contribution in [0.4, 0.5) is 18.9 Å². The number of unbranched alkanes of at least 4 members (excludes halogenated alkanes) is 3. The largest absolute Gasteiger partial charge is 0.416 e. The molecule has 0 radical (unpaired) electrons. The maximum atomic E-state index is 12.6. The summed E-state index contributed by atoms with van der Waals surface area (Å²) in [5.74, 6) is -0.263. The molecular formula is C14H17BrF3NO. The molecule has 112 valence electrons. The second kappa shape index (κ2) is 7.67. The number of carbonyl (C=O) groups excluding carboxylic acids is 1. The van der Waals surface area contributed by atoms with Crippen LogP contribution in [0, 0.1) is 0 Å². The molecule has 0 aliphatic rings. The molecule has 0 fully saturated rings. The maximum absolute atomic E-state index is 12.6. The van der Waals surface area contributed by atoms with Gasteiger partial charge in [0.15, 0.2) is 0 Å². The standard InChI is InChI=1S/C14H17BrF3NO/c1-2-3-4-5-6-13(20)19-12-9-10(14(16,17)18)7-8-11(12)15/h7-9H,2-6H2,1H3,(H,19,20). The van der Waals surface area contributed by atoms with Crippen LogP contribution in [0.15, 0.2) is 22.7 Å². The Bertz CT molecular complexity index is 460. The Labute approximate surface area is 124 Å². The van der Waals surface area contributed by atoms with Gasteiger partial charge in [-0.2, -0.15) is 13.2 Å². The number of rotatable bonds is 6. The van der Waals surface area contributed by atoms with E-state index in [1.165, 1.54) is 6.07 Å². The van der Waals surface area contributed by atoms with E-state index in [1.807, 2.05) is 0 Å². The van der Waals surface area contributed by atoms with Crippen LogP contribution in [-0.2, 0) is 11.0 Å². The first-order valence-corrected chi connectivity index (χ1v) is 7.30. The summed E-state index contributed by atoms with van der Waals surface area (Å²) in [4.78, 5) is 11.7. The topological polar surface area (TPSA) is 29.1 Å². The molecule has 0 bridgehead atoms. The smallest absolute Gasteiger partial charge is 0.325 e. The van der Waals surface area contributed by atoms with E-state index in [9.17, 15) is 18.0 Å². The molecule has 0 aliphatic carbocycles. The van der Waals surface area contributed by atoms with Crippen LogP contribution in [-0.4, -0.2) is 5.91 Å². The molecule has 1 amide bonds. The van der Waals surface area contributed by atoms with Crippen LogP contribution < -0.4 is 5.32 Å². The van der Waals surface area contributed by atoms with Crippen LogP contribution >= 0.6 is 15.9 Å². The molecule has 0 heterocycles. The molecule has 1 rings (SSSR count). The highest BCUT2D eigenvalue weighted by Crippen LogP contribution is 2.34. The Morgan fingerprint density at radius 3 is 2.55 bits per heavy atom. The second-order valence-electron chi connectivity index (χ2n) is 4.55. The minimum absolute atomic E-state index is 0.153. The molecule has 0 saturated carbocycles. The lowest BCUT2D eigenvalue weighted by Gasteiger charge is -2.11. The molecule has 1 aromatic carbocycles. The average molecular weight is 352 g/mol. The van der Waals surface area contributed by atoms with Crippen molar-refractivity contribution in [2.24, 2.45) is 0 Å². The van der Waals surface area contributed by atoms with Crippen molar-refractivity contribution in [2.75, 3.05) is 5.32 Å². The summed E-state index contributed by atoms with van der Waals surface area (Å²) in [6.45, 7) is 2.07. The van der Waals surface area contributed by atoms with Gasteiger partial charge in [0.1, 0.15) is 0 Å². The summed E-state index contributed by atoms with van der Waals surface area (Å²) >= 11 is 3.14. The number of benzene rings is 1. The minimum atomic E-state index is -4.42. The molecule has 20 heavy (non-hydrogen) atoms. The zero-order valence-corrected chi connectivity index (χ0v) is 12.8. The molecule has 2 nitrogen and oxygen atoms in total. The van der Waals surface area contributed by atoms with E-state index >= 15 is 0 Å². The van der Waals surface area contributed by atoms with E-state index < -0.39 is 11.7 Å². The SMILES string of the molecule is CCCCCCC(=O)Nc1cc(C(F)(F)F)ccc1Br. The number of halogens is 4. The van der Waals surface area contributed by atoms with Crippen LogP contribution in [0.3, 0.4) is 0 Å². The van der Waals surface area contributed by atoms with Crippen molar-refractivity contribution in [1.29, 1.82) is 0 Å². The Morgan fingerprint density at radius 2 is 1.95 bits per heavy atom. The number of nitrogens with one attached hydrogen (secondary N) is 1. The molecule has 0 atom stereocenters. The minimum Gasteiger partial charge on any atom is -0.325 e. The third-order valence-corrected chi connectivity index (χ3v) is 3.52. The van der Waals surface area contributed by atoms with Crippen LogP contribution in [0.25, 0.3) is 0 Å². The zero-order chi connectivity index (χ0) is 15.2. The lowest BCUT2D eigenvalue weighted by molar-refractivity contribution is -0.137. The van der Waals surface area contributed by atoms with E-state index in [0.717, 1.165) is 37.8 Å². The molecule has 0 saturated heterocycles. The summed E-state index contributed by atoms with van der Waals surface area (Å²) < 4.78 is 38.2. The Balaban J connectivity index is 2.65. The van der Waals surface area contributed by atoms with Crippen molar-refractivity contribution < 1.29 is 18.0 Å². The summed E-state index contributed by atoms with van der Waals surface area (Å²) in [7, 11) is 0. The number of hydrogen-bond donors (Lipinski definition) is 1. The van der Waals surface area contributed by atoms with Crippen molar-refractivity contribution in [2.45, 2.75) is 45.2 Å². The van der Waals surface area contributed by atoms with Gasteiger partial charge >= 0.3 is 6.18 Å². The zero-order valence-electron chi connectivity index (χ0n) is 11.2. The predicted octanol–water partition coefficient (Wildman–Crippen LogP) is 5.38. The number of amides is 1. The third-order valence-electron chi connectivity index (χ3n) is 2.83. The highest BCUT2D eigenvalue weighted by atomic mass is 79.9. The van der Waals surface area contributed by atoms with Crippen LogP contribution in [0.2, 0.25) is 0 Å². The van der Waals surface area contributed by atoms with Gasteiger partial charge in [-0.1, -0.05) is 26.2 Å². The predicted molar refractivity (Wildman–Crippen MR) is 76.5 cm³/mol. The normalized spacial score (nSPS) is 11.4.